The van der Waals surface area contributed by atoms with E-state index in [1.807, 2.05) is 7.05 Å². The Hall–Kier alpha value is -2.43. The van der Waals surface area contributed by atoms with Crippen LogP contribution in [0.4, 0.5) is 0 Å². The molecular formula is C12H10N4O. The number of nitrogens with zero attached hydrogens (tertiary/aromatic N) is 3. The van der Waals surface area contributed by atoms with Gasteiger partial charge in [-0.15, -0.1) is 0 Å². The zero-order valence-corrected chi connectivity index (χ0v) is 9.21. The molecule has 0 spiro atoms. The van der Waals surface area contributed by atoms with E-state index >= 15 is 0 Å². The van der Waals surface area contributed by atoms with Crippen LogP contribution in [0.3, 0.4) is 0 Å². The van der Waals surface area contributed by atoms with Crippen molar-refractivity contribution in [3.05, 3.63) is 36.2 Å². The van der Waals surface area contributed by atoms with Crippen LogP contribution in [0.2, 0.25) is 0 Å². The van der Waals surface area contributed by atoms with Gasteiger partial charge in [-0.1, -0.05) is 0 Å². The second-order valence-corrected chi connectivity index (χ2v) is 3.93. The number of nitrogens with two attached hydrogens (primary N) is 1. The van der Waals surface area contributed by atoms with Crippen LogP contribution in [0.5, 0.6) is 0 Å². The van der Waals surface area contributed by atoms with Gasteiger partial charge in [-0.3, -0.25) is 14.5 Å². The predicted octanol–water partition coefficient (Wildman–Crippen LogP) is 1.22. The molecule has 2 aromatic heterocycles. The van der Waals surface area contributed by atoms with E-state index in [-0.39, 0.29) is 0 Å². The molecule has 5 heteroatoms. The van der Waals surface area contributed by atoms with Gasteiger partial charge in [0.25, 0.3) is 0 Å². The molecule has 0 radical (unpaired) electrons. The maximum absolute atomic E-state index is 11.2. The van der Waals surface area contributed by atoms with Crippen molar-refractivity contribution in [2.24, 2.45) is 12.8 Å². The zero-order chi connectivity index (χ0) is 12.0. The minimum atomic E-state index is -0.439. The van der Waals surface area contributed by atoms with Crippen LogP contribution in [0.15, 0.2) is 30.6 Å². The summed E-state index contributed by atoms with van der Waals surface area (Å²) in [6.07, 6.45) is 3.52. The Bertz CT molecular complexity index is 745. The number of benzene rings is 1. The lowest BCUT2D eigenvalue weighted by molar-refractivity contribution is 0.100. The Morgan fingerprint density at radius 1 is 1.35 bits per heavy atom. The molecule has 0 atom stereocenters. The van der Waals surface area contributed by atoms with E-state index < -0.39 is 5.91 Å². The van der Waals surface area contributed by atoms with E-state index in [0.717, 1.165) is 21.8 Å². The van der Waals surface area contributed by atoms with Crippen LogP contribution < -0.4 is 5.73 Å². The molecule has 2 N–H and O–H groups in total. The summed E-state index contributed by atoms with van der Waals surface area (Å²) in [7, 11) is 1.86. The molecular weight excluding hydrogens is 216 g/mol. The Balaban J connectivity index is 2.49. The van der Waals surface area contributed by atoms with Gasteiger partial charge in [-0.05, 0) is 18.2 Å². The fourth-order valence-electron chi connectivity index (χ4n) is 2.01. The number of rotatable bonds is 1. The van der Waals surface area contributed by atoms with Crippen molar-refractivity contribution in [1.29, 1.82) is 0 Å². The van der Waals surface area contributed by atoms with Crippen molar-refractivity contribution in [2.45, 2.75) is 0 Å². The normalized spacial score (nSPS) is 11.1. The molecule has 0 aliphatic carbocycles. The molecule has 5 nitrogen and oxygen atoms in total. The topological polar surface area (TPSA) is 73.8 Å². The zero-order valence-electron chi connectivity index (χ0n) is 9.21. The molecule has 0 aliphatic heterocycles. The smallest absolute Gasteiger partial charge is 0.248 e. The van der Waals surface area contributed by atoms with E-state index in [1.165, 1.54) is 0 Å². The second-order valence-electron chi connectivity index (χ2n) is 3.93. The van der Waals surface area contributed by atoms with Gasteiger partial charge in [0.1, 0.15) is 0 Å². The Labute approximate surface area is 96.9 Å². The fraction of sp³-hybridized carbons (Fsp3) is 0.0833. The first-order valence-corrected chi connectivity index (χ1v) is 5.17. The van der Waals surface area contributed by atoms with E-state index in [9.17, 15) is 4.79 Å². The summed E-state index contributed by atoms with van der Waals surface area (Å²) in [5, 5.41) is 6.01. The summed E-state index contributed by atoms with van der Waals surface area (Å²) in [5.41, 5.74) is 7.54. The van der Waals surface area contributed by atoms with Crippen LogP contribution >= 0.6 is 0 Å². The first kappa shape index (κ1) is 9.77. The minimum absolute atomic E-state index is 0.439. The summed E-state index contributed by atoms with van der Waals surface area (Å²) in [5.74, 6) is -0.439. The molecule has 1 amide bonds. The summed E-state index contributed by atoms with van der Waals surface area (Å²) in [4.78, 5) is 15.5. The van der Waals surface area contributed by atoms with Gasteiger partial charge in [0.2, 0.25) is 5.91 Å². The van der Waals surface area contributed by atoms with Gasteiger partial charge in [-0.2, -0.15) is 5.10 Å². The lowest BCUT2D eigenvalue weighted by Gasteiger charge is -2.03. The van der Waals surface area contributed by atoms with Gasteiger partial charge in [0, 0.05) is 29.6 Å². The third-order valence-corrected chi connectivity index (χ3v) is 2.85. The minimum Gasteiger partial charge on any atom is -0.366 e. The lowest BCUT2D eigenvalue weighted by Crippen LogP contribution is -2.10. The number of aromatic nitrogens is 3. The molecule has 0 bridgehead atoms. The number of carbonyl (C=O) groups excluding carboxylic acids is 1. The Morgan fingerprint density at radius 3 is 2.94 bits per heavy atom. The number of aryl methyl sites for hydroxylation is 1. The first-order valence-electron chi connectivity index (χ1n) is 5.17. The average Bonchev–Trinajstić information content (AvgIpc) is 2.70. The van der Waals surface area contributed by atoms with Crippen molar-refractivity contribution in [3.63, 3.8) is 0 Å². The molecule has 0 saturated carbocycles. The largest absolute Gasteiger partial charge is 0.366 e. The van der Waals surface area contributed by atoms with E-state index in [2.05, 4.69) is 10.1 Å². The second kappa shape index (κ2) is 3.28. The van der Waals surface area contributed by atoms with Crippen LogP contribution in [-0.2, 0) is 7.05 Å². The van der Waals surface area contributed by atoms with E-state index in [1.54, 1.807) is 35.3 Å². The van der Waals surface area contributed by atoms with Crippen molar-refractivity contribution in [1.82, 2.24) is 14.8 Å². The molecule has 17 heavy (non-hydrogen) atoms. The highest BCUT2D eigenvalue weighted by Crippen LogP contribution is 2.23. The highest BCUT2D eigenvalue weighted by Gasteiger charge is 2.08. The standard InChI is InChI=1S/C12H10N4O/c1-16-11-8(6-15-16)5-14-10-3-2-7(12(13)17)4-9(10)11/h2-6H,1H3,(H2,13,17). The van der Waals surface area contributed by atoms with Gasteiger partial charge < -0.3 is 5.73 Å². The Kier molecular flexibility index (Phi) is 1.89. The van der Waals surface area contributed by atoms with Gasteiger partial charge >= 0.3 is 0 Å². The maximum atomic E-state index is 11.2. The predicted molar refractivity (Wildman–Crippen MR) is 64.5 cm³/mol. The highest BCUT2D eigenvalue weighted by atomic mass is 16.1. The number of hydrogen-bond donors (Lipinski definition) is 1. The van der Waals surface area contributed by atoms with Gasteiger partial charge in [-0.25, -0.2) is 0 Å². The van der Waals surface area contributed by atoms with Crippen LogP contribution in [0, 0.1) is 0 Å². The molecule has 0 unspecified atom stereocenters. The fourth-order valence-corrected chi connectivity index (χ4v) is 2.01. The summed E-state index contributed by atoms with van der Waals surface area (Å²) in [6.45, 7) is 0. The van der Waals surface area contributed by atoms with Gasteiger partial charge in [0.15, 0.2) is 0 Å². The van der Waals surface area contributed by atoms with Gasteiger partial charge in [0.05, 0.1) is 17.2 Å². The van der Waals surface area contributed by atoms with Crippen LogP contribution in [0.25, 0.3) is 21.8 Å². The molecule has 0 fully saturated rings. The number of amides is 1. The van der Waals surface area contributed by atoms with E-state index in [0.29, 0.717) is 5.56 Å². The van der Waals surface area contributed by atoms with Crippen LogP contribution in [0.1, 0.15) is 10.4 Å². The average molecular weight is 226 g/mol. The molecule has 2 heterocycles. The SMILES string of the molecule is Cn1ncc2cnc3ccc(C(N)=O)cc3c21. The van der Waals surface area contributed by atoms with Crippen molar-refractivity contribution in [3.8, 4) is 0 Å². The summed E-state index contributed by atoms with van der Waals surface area (Å²) < 4.78 is 1.77. The third kappa shape index (κ3) is 1.36. The quantitative estimate of drug-likeness (QED) is 0.678. The molecule has 3 aromatic rings. The molecule has 3 rings (SSSR count). The van der Waals surface area contributed by atoms with Crippen molar-refractivity contribution < 1.29 is 4.79 Å². The number of fused-ring (bicyclic) bond motifs is 3. The maximum Gasteiger partial charge on any atom is 0.248 e. The highest BCUT2D eigenvalue weighted by molar-refractivity contribution is 6.06. The lowest BCUT2D eigenvalue weighted by atomic mass is 10.1. The Morgan fingerprint density at radius 2 is 2.18 bits per heavy atom. The molecule has 0 saturated heterocycles. The monoisotopic (exact) mass is 226 g/mol. The number of pyridine rings is 1. The molecule has 84 valence electrons. The van der Waals surface area contributed by atoms with Crippen molar-refractivity contribution >= 4 is 27.7 Å². The van der Waals surface area contributed by atoms with Crippen molar-refractivity contribution in [2.75, 3.05) is 0 Å². The van der Waals surface area contributed by atoms with Crippen LogP contribution in [-0.4, -0.2) is 20.7 Å². The molecule has 0 aliphatic rings. The number of carbonyl (C=O) groups is 1. The number of hydrogen-bond acceptors (Lipinski definition) is 3. The number of primary amides is 1. The summed E-state index contributed by atoms with van der Waals surface area (Å²) in [6, 6.07) is 5.23. The van der Waals surface area contributed by atoms with E-state index in [4.69, 9.17) is 5.73 Å². The molecule has 1 aromatic carbocycles. The third-order valence-electron chi connectivity index (χ3n) is 2.85. The first-order chi connectivity index (χ1) is 8.16. The summed E-state index contributed by atoms with van der Waals surface area (Å²) >= 11 is 0.